The van der Waals surface area contributed by atoms with Crippen LogP contribution in [0.5, 0.6) is 5.75 Å². The highest BCUT2D eigenvalue weighted by molar-refractivity contribution is 6.39. The van der Waals surface area contributed by atoms with Gasteiger partial charge >= 0.3 is 11.8 Å². The highest BCUT2D eigenvalue weighted by Gasteiger charge is 2.26. The van der Waals surface area contributed by atoms with Gasteiger partial charge in [-0.1, -0.05) is 6.07 Å². The lowest BCUT2D eigenvalue weighted by Gasteiger charge is -2.35. The SMILES string of the molecule is Cc1ccc(NC(=O)C(=O)N2CCN(c3ccc(F)cc3)CC2)c(O)c1. The molecule has 136 valence electrons. The molecule has 1 aliphatic rings. The number of halogens is 1. The second-order valence-electron chi connectivity index (χ2n) is 6.23. The van der Waals surface area contributed by atoms with E-state index in [2.05, 4.69) is 5.32 Å². The molecule has 26 heavy (non-hydrogen) atoms. The van der Waals surface area contributed by atoms with Gasteiger partial charge in [-0.3, -0.25) is 9.59 Å². The average molecular weight is 357 g/mol. The summed E-state index contributed by atoms with van der Waals surface area (Å²) >= 11 is 0. The van der Waals surface area contributed by atoms with Crippen LogP contribution in [-0.4, -0.2) is 48.0 Å². The number of nitrogens with one attached hydrogen (secondary N) is 1. The maximum atomic E-state index is 13.0. The van der Waals surface area contributed by atoms with Crippen LogP contribution >= 0.6 is 0 Å². The molecule has 0 spiro atoms. The molecular weight excluding hydrogens is 337 g/mol. The number of rotatable bonds is 2. The number of phenols is 1. The minimum absolute atomic E-state index is 0.0766. The van der Waals surface area contributed by atoms with Crippen molar-refractivity contribution in [3.8, 4) is 5.75 Å². The van der Waals surface area contributed by atoms with Gasteiger partial charge in [-0.2, -0.15) is 0 Å². The highest BCUT2D eigenvalue weighted by atomic mass is 19.1. The van der Waals surface area contributed by atoms with Crippen molar-refractivity contribution in [1.82, 2.24) is 4.90 Å². The van der Waals surface area contributed by atoms with Gasteiger partial charge in [0.1, 0.15) is 11.6 Å². The zero-order chi connectivity index (χ0) is 18.7. The van der Waals surface area contributed by atoms with Crippen LogP contribution in [0, 0.1) is 12.7 Å². The molecule has 1 fully saturated rings. The highest BCUT2D eigenvalue weighted by Crippen LogP contribution is 2.24. The fourth-order valence-electron chi connectivity index (χ4n) is 2.89. The van der Waals surface area contributed by atoms with Gasteiger partial charge in [-0.15, -0.1) is 0 Å². The minimum atomic E-state index is -0.778. The summed E-state index contributed by atoms with van der Waals surface area (Å²) in [5.41, 5.74) is 1.94. The van der Waals surface area contributed by atoms with Crippen LogP contribution < -0.4 is 10.2 Å². The van der Waals surface area contributed by atoms with E-state index in [1.54, 1.807) is 24.3 Å². The van der Waals surface area contributed by atoms with E-state index in [9.17, 15) is 19.1 Å². The summed E-state index contributed by atoms with van der Waals surface area (Å²) in [4.78, 5) is 28.0. The molecule has 0 saturated carbocycles. The first kappa shape index (κ1) is 17.7. The third-order valence-electron chi connectivity index (χ3n) is 4.35. The number of anilines is 2. The Balaban J connectivity index is 1.57. The van der Waals surface area contributed by atoms with Crippen molar-refractivity contribution in [2.75, 3.05) is 36.4 Å². The van der Waals surface area contributed by atoms with Crippen molar-refractivity contribution >= 4 is 23.2 Å². The molecule has 0 atom stereocenters. The third kappa shape index (κ3) is 3.93. The van der Waals surface area contributed by atoms with Crippen LogP contribution in [0.4, 0.5) is 15.8 Å². The van der Waals surface area contributed by atoms with Gasteiger partial charge in [0.25, 0.3) is 0 Å². The van der Waals surface area contributed by atoms with E-state index < -0.39 is 11.8 Å². The van der Waals surface area contributed by atoms with E-state index in [0.29, 0.717) is 26.2 Å². The predicted octanol–water partition coefficient (Wildman–Crippen LogP) is 2.13. The molecule has 0 aromatic heterocycles. The number of amides is 2. The van der Waals surface area contributed by atoms with Crippen LogP contribution in [0.2, 0.25) is 0 Å². The topological polar surface area (TPSA) is 72.9 Å². The maximum absolute atomic E-state index is 13.0. The average Bonchev–Trinajstić information content (AvgIpc) is 2.64. The van der Waals surface area contributed by atoms with E-state index in [-0.39, 0.29) is 17.3 Å². The molecule has 1 heterocycles. The Morgan fingerprint density at radius 3 is 2.31 bits per heavy atom. The molecule has 0 radical (unpaired) electrons. The molecule has 3 rings (SSSR count). The van der Waals surface area contributed by atoms with Crippen molar-refractivity contribution in [2.45, 2.75) is 6.92 Å². The van der Waals surface area contributed by atoms with Crippen molar-refractivity contribution < 1.29 is 19.1 Å². The summed E-state index contributed by atoms with van der Waals surface area (Å²) in [5, 5.41) is 12.3. The number of benzene rings is 2. The second-order valence-corrected chi connectivity index (χ2v) is 6.23. The zero-order valence-corrected chi connectivity index (χ0v) is 14.4. The summed E-state index contributed by atoms with van der Waals surface area (Å²) in [5.74, 6) is -1.78. The number of carbonyl (C=O) groups is 2. The Bertz CT molecular complexity index is 815. The van der Waals surface area contributed by atoms with Gasteiger partial charge in [0.05, 0.1) is 5.69 Å². The number of aromatic hydroxyl groups is 1. The van der Waals surface area contributed by atoms with Crippen LogP contribution in [-0.2, 0) is 9.59 Å². The summed E-state index contributed by atoms with van der Waals surface area (Å²) in [6.07, 6.45) is 0. The van der Waals surface area contributed by atoms with Gasteiger partial charge in [-0.25, -0.2) is 4.39 Å². The lowest BCUT2D eigenvalue weighted by Crippen LogP contribution is -2.51. The van der Waals surface area contributed by atoms with Gasteiger partial charge in [0.15, 0.2) is 0 Å². The molecule has 2 N–H and O–H groups in total. The first-order valence-electron chi connectivity index (χ1n) is 8.34. The molecule has 1 saturated heterocycles. The lowest BCUT2D eigenvalue weighted by molar-refractivity contribution is -0.143. The van der Waals surface area contributed by atoms with E-state index in [1.807, 2.05) is 11.8 Å². The summed E-state index contributed by atoms with van der Waals surface area (Å²) in [7, 11) is 0. The summed E-state index contributed by atoms with van der Waals surface area (Å²) in [6, 6.07) is 11.0. The minimum Gasteiger partial charge on any atom is -0.506 e. The molecule has 0 bridgehead atoms. The number of hydrogen-bond donors (Lipinski definition) is 2. The van der Waals surface area contributed by atoms with Gasteiger partial charge < -0.3 is 20.2 Å². The zero-order valence-electron chi connectivity index (χ0n) is 14.4. The van der Waals surface area contributed by atoms with Crippen LogP contribution in [0.3, 0.4) is 0 Å². The molecule has 6 nitrogen and oxygen atoms in total. The third-order valence-corrected chi connectivity index (χ3v) is 4.35. The van der Waals surface area contributed by atoms with Crippen LogP contribution in [0.1, 0.15) is 5.56 Å². The largest absolute Gasteiger partial charge is 0.506 e. The molecular formula is C19H20FN3O3. The number of carbonyl (C=O) groups excluding carboxylic acids is 2. The van der Waals surface area contributed by atoms with Crippen LogP contribution in [0.15, 0.2) is 42.5 Å². The normalized spacial score (nSPS) is 14.2. The molecule has 2 amide bonds. The molecule has 0 unspecified atom stereocenters. The van der Waals surface area contributed by atoms with E-state index >= 15 is 0 Å². The fourth-order valence-corrected chi connectivity index (χ4v) is 2.89. The number of hydrogen-bond acceptors (Lipinski definition) is 4. The first-order valence-corrected chi connectivity index (χ1v) is 8.34. The number of phenolic OH excluding ortho intramolecular Hbond substituents is 1. The van der Waals surface area contributed by atoms with E-state index in [0.717, 1.165) is 11.3 Å². The molecule has 0 aliphatic carbocycles. The summed E-state index contributed by atoms with van der Waals surface area (Å²) in [6.45, 7) is 3.71. The second kappa shape index (κ2) is 7.43. The van der Waals surface area contributed by atoms with Crippen LogP contribution in [0.25, 0.3) is 0 Å². The van der Waals surface area contributed by atoms with E-state index in [1.165, 1.54) is 23.1 Å². The monoisotopic (exact) mass is 357 g/mol. The summed E-state index contributed by atoms with van der Waals surface area (Å²) < 4.78 is 13.0. The van der Waals surface area contributed by atoms with Gasteiger partial charge in [0.2, 0.25) is 0 Å². The Morgan fingerprint density at radius 2 is 1.69 bits per heavy atom. The number of aryl methyl sites for hydroxylation is 1. The Kier molecular flexibility index (Phi) is 5.06. The molecule has 2 aromatic carbocycles. The molecule has 1 aliphatic heterocycles. The molecule has 7 heteroatoms. The van der Waals surface area contributed by atoms with Gasteiger partial charge in [-0.05, 0) is 48.9 Å². The smallest absolute Gasteiger partial charge is 0.314 e. The van der Waals surface area contributed by atoms with Gasteiger partial charge in [0, 0.05) is 31.9 Å². The quantitative estimate of drug-likeness (QED) is 0.638. The van der Waals surface area contributed by atoms with Crippen molar-refractivity contribution in [3.63, 3.8) is 0 Å². The Morgan fingerprint density at radius 1 is 1.04 bits per heavy atom. The number of nitrogens with zero attached hydrogens (tertiary/aromatic N) is 2. The maximum Gasteiger partial charge on any atom is 0.314 e. The van der Waals surface area contributed by atoms with Crippen molar-refractivity contribution in [3.05, 3.63) is 53.8 Å². The van der Waals surface area contributed by atoms with Crippen molar-refractivity contribution in [2.24, 2.45) is 0 Å². The standard InChI is InChI=1S/C19H20FN3O3/c1-13-2-7-16(17(24)12-13)21-18(25)19(26)23-10-8-22(9-11-23)15-5-3-14(20)4-6-15/h2-7,12,24H,8-11H2,1H3,(H,21,25). The van der Waals surface area contributed by atoms with Crippen molar-refractivity contribution in [1.29, 1.82) is 0 Å². The fraction of sp³-hybridized carbons (Fsp3) is 0.263. The Labute approximate surface area is 150 Å². The lowest BCUT2D eigenvalue weighted by atomic mass is 10.2. The first-order chi connectivity index (χ1) is 12.4. The van der Waals surface area contributed by atoms with E-state index in [4.69, 9.17) is 0 Å². The Hall–Kier alpha value is -3.09. The molecule has 2 aromatic rings. The predicted molar refractivity (Wildman–Crippen MR) is 96.7 cm³/mol. The number of piperazine rings is 1.